The number of rotatable bonds is 2. The van der Waals surface area contributed by atoms with E-state index in [9.17, 15) is 13.2 Å². The molecular formula is C12H14INO3S. The van der Waals surface area contributed by atoms with Crippen LogP contribution in [0.15, 0.2) is 24.3 Å². The maximum Gasteiger partial charge on any atom is 0.253 e. The summed E-state index contributed by atoms with van der Waals surface area (Å²) in [6, 6.07) is 7.11. The maximum atomic E-state index is 12.2. The number of hydrogen-bond donors (Lipinski definition) is 0. The summed E-state index contributed by atoms with van der Waals surface area (Å²) >= 11 is 2.15. The second kappa shape index (κ2) is 5.16. The van der Waals surface area contributed by atoms with Gasteiger partial charge >= 0.3 is 0 Å². The fourth-order valence-corrected chi connectivity index (χ4v) is 4.39. The lowest BCUT2D eigenvalue weighted by molar-refractivity contribution is 0.0747. The molecule has 1 aliphatic heterocycles. The molecule has 0 spiro atoms. The van der Waals surface area contributed by atoms with E-state index in [1.807, 2.05) is 18.2 Å². The summed E-state index contributed by atoms with van der Waals surface area (Å²) in [5, 5.41) is 0. The van der Waals surface area contributed by atoms with E-state index in [-0.39, 0.29) is 23.5 Å². The van der Waals surface area contributed by atoms with Gasteiger partial charge in [-0.05, 0) is 47.2 Å². The molecule has 1 saturated heterocycles. The van der Waals surface area contributed by atoms with Crippen molar-refractivity contribution in [1.82, 2.24) is 4.90 Å². The maximum absolute atomic E-state index is 12.2. The Morgan fingerprint density at radius 3 is 2.72 bits per heavy atom. The minimum absolute atomic E-state index is 0.0825. The largest absolute Gasteiger partial charge is 0.338 e. The lowest BCUT2D eigenvalue weighted by atomic mass is 10.1. The van der Waals surface area contributed by atoms with Crippen molar-refractivity contribution >= 4 is 38.3 Å². The monoisotopic (exact) mass is 379 g/mol. The fraction of sp³-hybridized carbons (Fsp3) is 0.417. The summed E-state index contributed by atoms with van der Waals surface area (Å²) in [6.07, 6.45) is 0.536. The predicted octanol–water partition coefficient (Wildman–Crippen LogP) is 1.55. The molecule has 0 bridgehead atoms. The molecule has 1 fully saturated rings. The standard InChI is InChI=1S/C12H14INO3S/c1-14(11-5-6-18(16,17)8-11)12(15)9-3-2-4-10(13)7-9/h2-4,7,11H,5-6,8H2,1H3/t11-/m1/s1. The van der Waals surface area contributed by atoms with E-state index >= 15 is 0 Å². The van der Waals surface area contributed by atoms with Gasteiger partial charge in [0, 0.05) is 22.2 Å². The number of hydrogen-bond acceptors (Lipinski definition) is 3. The normalized spacial score (nSPS) is 21.8. The summed E-state index contributed by atoms with van der Waals surface area (Å²) in [5.74, 6) is 0.149. The third-order valence-electron chi connectivity index (χ3n) is 3.15. The molecule has 1 atom stereocenters. The van der Waals surface area contributed by atoms with E-state index in [1.165, 1.54) is 0 Å². The van der Waals surface area contributed by atoms with Crippen molar-refractivity contribution in [2.24, 2.45) is 0 Å². The first-order valence-corrected chi connectivity index (χ1v) is 8.52. The number of sulfone groups is 1. The van der Waals surface area contributed by atoms with Crippen molar-refractivity contribution in [3.8, 4) is 0 Å². The van der Waals surface area contributed by atoms with E-state index in [2.05, 4.69) is 22.6 Å². The highest BCUT2D eigenvalue weighted by molar-refractivity contribution is 14.1. The number of amides is 1. The van der Waals surface area contributed by atoms with Gasteiger partial charge in [0.15, 0.2) is 9.84 Å². The summed E-state index contributed by atoms with van der Waals surface area (Å²) in [6.45, 7) is 0. The van der Waals surface area contributed by atoms with Gasteiger partial charge in [0.1, 0.15) is 0 Å². The van der Waals surface area contributed by atoms with Gasteiger partial charge in [0.2, 0.25) is 0 Å². The first-order chi connectivity index (χ1) is 8.39. The average Bonchev–Trinajstić information content (AvgIpc) is 2.68. The Balaban J connectivity index is 2.15. The first kappa shape index (κ1) is 13.8. The van der Waals surface area contributed by atoms with Gasteiger partial charge in [-0.2, -0.15) is 0 Å². The van der Waals surface area contributed by atoms with E-state index in [1.54, 1.807) is 18.0 Å². The van der Waals surface area contributed by atoms with Gasteiger partial charge in [0.05, 0.1) is 11.5 Å². The van der Waals surface area contributed by atoms with E-state index in [0.29, 0.717) is 12.0 Å². The smallest absolute Gasteiger partial charge is 0.253 e. The molecule has 1 heterocycles. The van der Waals surface area contributed by atoms with Gasteiger partial charge in [-0.25, -0.2) is 8.42 Å². The van der Waals surface area contributed by atoms with Crippen LogP contribution in [0.4, 0.5) is 0 Å². The molecule has 0 radical (unpaired) electrons. The van der Waals surface area contributed by atoms with E-state index in [0.717, 1.165) is 3.57 Å². The minimum atomic E-state index is -2.96. The SMILES string of the molecule is CN(C(=O)c1cccc(I)c1)[C@@H]1CCS(=O)(=O)C1. The molecule has 0 saturated carbocycles. The molecule has 4 nitrogen and oxygen atoms in total. The van der Waals surface area contributed by atoms with Crippen molar-refractivity contribution in [3.05, 3.63) is 33.4 Å². The molecule has 6 heteroatoms. The Morgan fingerprint density at radius 2 is 2.17 bits per heavy atom. The zero-order chi connectivity index (χ0) is 13.3. The first-order valence-electron chi connectivity index (χ1n) is 5.62. The van der Waals surface area contributed by atoms with Crippen LogP contribution in [0.1, 0.15) is 16.8 Å². The van der Waals surface area contributed by atoms with Crippen LogP contribution >= 0.6 is 22.6 Å². The van der Waals surface area contributed by atoms with Crippen LogP contribution in [0.2, 0.25) is 0 Å². The Bertz CT molecular complexity index is 570. The minimum Gasteiger partial charge on any atom is -0.338 e. The number of halogens is 1. The van der Waals surface area contributed by atoms with E-state index < -0.39 is 9.84 Å². The lowest BCUT2D eigenvalue weighted by Crippen LogP contribution is -2.37. The van der Waals surface area contributed by atoms with Crippen molar-refractivity contribution in [3.63, 3.8) is 0 Å². The average molecular weight is 379 g/mol. The number of benzene rings is 1. The molecule has 98 valence electrons. The molecule has 1 aromatic carbocycles. The molecule has 1 amide bonds. The molecule has 1 aliphatic rings. The zero-order valence-electron chi connectivity index (χ0n) is 9.97. The van der Waals surface area contributed by atoms with Gasteiger partial charge in [-0.1, -0.05) is 6.07 Å². The molecule has 0 aromatic heterocycles. The number of carbonyl (C=O) groups is 1. The quantitative estimate of drug-likeness (QED) is 0.733. The Morgan fingerprint density at radius 1 is 1.44 bits per heavy atom. The predicted molar refractivity (Wildman–Crippen MR) is 78.3 cm³/mol. The Labute approximate surface area is 120 Å². The van der Waals surface area contributed by atoms with Crippen LogP contribution in [-0.2, 0) is 9.84 Å². The summed E-state index contributed by atoms with van der Waals surface area (Å²) in [4.78, 5) is 13.8. The third kappa shape index (κ3) is 3.03. The molecule has 0 N–H and O–H groups in total. The van der Waals surface area contributed by atoms with Crippen LogP contribution in [-0.4, -0.2) is 43.8 Å². The van der Waals surface area contributed by atoms with Crippen molar-refractivity contribution in [2.45, 2.75) is 12.5 Å². The number of carbonyl (C=O) groups excluding carboxylic acids is 1. The van der Waals surface area contributed by atoms with Crippen LogP contribution in [0.25, 0.3) is 0 Å². The highest BCUT2D eigenvalue weighted by Crippen LogP contribution is 2.19. The zero-order valence-corrected chi connectivity index (χ0v) is 12.9. The van der Waals surface area contributed by atoms with Crippen LogP contribution in [0.5, 0.6) is 0 Å². The second-order valence-electron chi connectivity index (χ2n) is 4.48. The van der Waals surface area contributed by atoms with Crippen LogP contribution < -0.4 is 0 Å². The second-order valence-corrected chi connectivity index (χ2v) is 7.96. The van der Waals surface area contributed by atoms with Crippen molar-refractivity contribution in [2.75, 3.05) is 18.6 Å². The summed E-state index contributed by atoms with van der Waals surface area (Å²) in [7, 11) is -1.29. The van der Waals surface area contributed by atoms with Crippen LogP contribution in [0, 0.1) is 3.57 Å². The third-order valence-corrected chi connectivity index (χ3v) is 5.57. The number of nitrogens with zero attached hydrogens (tertiary/aromatic N) is 1. The van der Waals surface area contributed by atoms with E-state index in [4.69, 9.17) is 0 Å². The Kier molecular flexibility index (Phi) is 3.96. The lowest BCUT2D eigenvalue weighted by Gasteiger charge is -2.23. The van der Waals surface area contributed by atoms with Crippen LogP contribution in [0.3, 0.4) is 0 Å². The van der Waals surface area contributed by atoms with Gasteiger partial charge in [-0.15, -0.1) is 0 Å². The van der Waals surface area contributed by atoms with Gasteiger partial charge < -0.3 is 4.90 Å². The van der Waals surface area contributed by atoms with Crippen molar-refractivity contribution < 1.29 is 13.2 Å². The molecule has 0 unspecified atom stereocenters. The highest BCUT2D eigenvalue weighted by Gasteiger charge is 2.32. The van der Waals surface area contributed by atoms with Gasteiger partial charge in [0.25, 0.3) is 5.91 Å². The molecule has 18 heavy (non-hydrogen) atoms. The van der Waals surface area contributed by atoms with Crippen molar-refractivity contribution in [1.29, 1.82) is 0 Å². The van der Waals surface area contributed by atoms with Gasteiger partial charge in [-0.3, -0.25) is 4.79 Å². The fourth-order valence-electron chi connectivity index (χ4n) is 2.07. The Hall–Kier alpha value is -0.630. The molecule has 2 rings (SSSR count). The summed E-state index contributed by atoms with van der Waals surface area (Å²) in [5.41, 5.74) is 0.605. The molecule has 0 aliphatic carbocycles. The summed E-state index contributed by atoms with van der Waals surface area (Å²) < 4.78 is 23.8. The molecule has 1 aromatic rings. The highest BCUT2D eigenvalue weighted by atomic mass is 127. The topological polar surface area (TPSA) is 54.5 Å². The molecular weight excluding hydrogens is 365 g/mol.